The van der Waals surface area contributed by atoms with Crippen LogP contribution in [0.25, 0.3) is 21.3 Å². The molecule has 0 amide bonds. The number of nitrogens with one attached hydrogen (secondary N) is 1. The normalized spacial score (nSPS) is 12.5. The maximum absolute atomic E-state index is 11.7. The maximum Gasteiger partial charge on any atom is 0.326 e. The van der Waals surface area contributed by atoms with Gasteiger partial charge in [-0.2, -0.15) is 0 Å². The molecule has 0 aliphatic carbocycles. The Balaban J connectivity index is 2.10. The molecule has 3 rings (SSSR count). The van der Waals surface area contributed by atoms with Gasteiger partial charge in [0.05, 0.1) is 5.39 Å². The van der Waals surface area contributed by atoms with E-state index in [1.807, 2.05) is 51.1 Å². The molecular weight excluding hydrogens is 334 g/mol. The van der Waals surface area contributed by atoms with E-state index in [2.05, 4.69) is 20.7 Å². The van der Waals surface area contributed by atoms with Crippen LogP contribution in [0.2, 0.25) is 0 Å². The molecule has 0 radical (unpaired) electrons. The lowest BCUT2D eigenvalue weighted by molar-refractivity contribution is -0.138. The predicted octanol–water partition coefficient (Wildman–Crippen LogP) is 4.58. The number of nitrogens with zero attached hydrogens (tertiary/aromatic N) is 2. The van der Waals surface area contributed by atoms with E-state index in [9.17, 15) is 9.90 Å². The molecule has 25 heavy (non-hydrogen) atoms. The van der Waals surface area contributed by atoms with E-state index in [-0.39, 0.29) is 5.92 Å². The van der Waals surface area contributed by atoms with Gasteiger partial charge in [-0.25, -0.2) is 14.8 Å². The number of hydrogen-bond acceptors (Lipinski definition) is 5. The van der Waals surface area contributed by atoms with Gasteiger partial charge in [-0.3, -0.25) is 0 Å². The highest BCUT2D eigenvalue weighted by Gasteiger charge is 2.22. The fourth-order valence-corrected chi connectivity index (χ4v) is 3.83. The minimum atomic E-state index is -0.866. The third-order valence-electron chi connectivity index (χ3n) is 3.95. The first-order valence-corrected chi connectivity index (χ1v) is 9.14. The summed E-state index contributed by atoms with van der Waals surface area (Å²) in [5, 5.41) is 15.6. The van der Waals surface area contributed by atoms with E-state index >= 15 is 0 Å². The van der Waals surface area contributed by atoms with Crippen molar-refractivity contribution < 1.29 is 9.90 Å². The SMILES string of the molecule is Cc1nc(NC(CC(C)C)C(=O)O)c2c(-c3ccccc3)csc2n1. The van der Waals surface area contributed by atoms with Gasteiger partial charge in [-0.15, -0.1) is 11.3 Å². The van der Waals surface area contributed by atoms with Crippen LogP contribution in [0.15, 0.2) is 35.7 Å². The Kier molecular flexibility index (Phi) is 4.99. The number of aliphatic carboxylic acids is 1. The minimum Gasteiger partial charge on any atom is -0.480 e. The number of benzene rings is 1. The Morgan fingerprint density at radius 2 is 1.96 bits per heavy atom. The van der Waals surface area contributed by atoms with Crippen molar-refractivity contribution in [2.24, 2.45) is 5.92 Å². The first kappa shape index (κ1) is 17.4. The number of aromatic nitrogens is 2. The number of carbonyl (C=O) groups is 1. The second kappa shape index (κ2) is 7.19. The Labute approximate surface area is 150 Å². The first-order valence-electron chi connectivity index (χ1n) is 8.26. The van der Waals surface area contributed by atoms with Crippen molar-refractivity contribution >= 4 is 33.3 Å². The number of carboxylic acids is 1. The Morgan fingerprint density at radius 3 is 2.60 bits per heavy atom. The zero-order valence-corrected chi connectivity index (χ0v) is 15.3. The number of hydrogen-bond donors (Lipinski definition) is 2. The van der Waals surface area contributed by atoms with Gasteiger partial charge in [0.2, 0.25) is 0 Å². The summed E-state index contributed by atoms with van der Waals surface area (Å²) < 4.78 is 0. The van der Waals surface area contributed by atoms with Gasteiger partial charge >= 0.3 is 5.97 Å². The molecule has 0 aliphatic rings. The summed E-state index contributed by atoms with van der Waals surface area (Å²) in [6.07, 6.45) is 0.532. The van der Waals surface area contributed by atoms with Crippen molar-refractivity contribution in [1.82, 2.24) is 9.97 Å². The predicted molar refractivity (Wildman–Crippen MR) is 102 cm³/mol. The monoisotopic (exact) mass is 355 g/mol. The van der Waals surface area contributed by atoms with Crippen LogP contribution in [0.4, 0.5) is 5.82 Å². The molecule has 1 atom stereocenters. The van der Waals surface area contributed by atoms with Gasteiger partial charge in [0.1, 0.15) is 22.5 Å². The largest absolute Gasteiger partial charge is 0.480 e. The molecule has 0 fully saturated rings. The summed E-state index contributed by atoms with van der Waals surface area (Å²) in [7, 11) is 0. The zero-order valence-electron chi connectivity index (χ0n) is 14.5. The molecule has 6 heteroatoms. The van der Waals surface area contributed by atoms with Crippen LogP contribution in [-0.2, 0) is 4.79 Å². The molecule has 2 heterocycles. The number of thiophene rings is 1. The molecular formula is C19H21N3O2S. The lowest BCUT2D eigenvalue weighted by Gasteiger charge is -2.18. The van der Waals surface area contributed by atoms with E-state index < -0.39 is 12.0 Å². The van der Waals surface area contributed by atoms with Crippen LogP contribution in [0.1, 0.15) is 26.1 Å². The first-order chi connectivity index (χ1) is 12.0. The van der Waals surface area contributed by atoms with Crippen LogP contribution in [0.5, 0.6) is 0 Å². The Bertz CT molecular complexity index is 890. The topological polar surface area (TPSA) is 75.1 Å². The second-order valence-electron chi connectivity index (χ2n) is 6.48. The molecule has 2 aromatic heterocycles. The summed E-state index contributed by atoms with van der Waals surface area (Å²) in [5.74, 6) is 0.624. The molecule has 5 nitrogen and oxygen atoms in total. The number of fused-ring (bicyclic) bond motifs is 1. The average Bonchev–Trinajstić information content (AvgIpc) is 2.98. The van der Waals surface area contributed by atoms with Crippen LogP contribution < -0.4 is 5.32 Å². The molecule has 3 aromatic rings. The number of rotatable bonds is 6. The third kappa shape index (κ3) is 3.79. The minimum absolute atomic E-state index is 0.267. The van der Waals surface area contributed by atoms with E-state index in [0.29, 0.717) is 18.1 Å². The van der Waals surface area contributed by atoms with Gasteiger partial charge in [-0.1, -0.05) is 44.2 Å². The molecule has 0 bridgehead atoms. The molecule has 1 aromatic carbocycles. The van der Waals surface area contributed by atoms with Crippen LogP contribution in [-0.4, -0.2) is 27.1 Å². The highest BCUT2D eigenvalue weighted by atomic mass is 32.1. The fourth-order valence-electron chi connectivity index (χ4n) is 2.84. The molecule has 0 saturated heterocycles. The smallest absolute Gasteiger partial charge is 0.326 e. The van der Waals surface area contributed by atoms with Crippen molar-refractivity contribution in [2.45, 2.75) is 33.2 Å². The van der Waals surface area contributed by atoms with Crippen molar-refractivity contribution in [3.05, 3.63) is 41.5 Å². The summed E-state index contributed by atoms with van der Waals surface area (Å²) >= 11 is 1.55. The molecule has 0 saturated carbocycles. The number of anilines is 1. The molecule has 1 unspecified atom stereocenters. The summed E-state index contributed by atoms with van der Waals surface area (Å²) in [5.41, 5.74) is 2.09. The van der Waals surface area contributed by atoms with Crippen molar-refractivity contribution in [1.29, 1.82) is 0 Å². The van der Waals surface area contributed by atoms with Crippen LogP contribution in [0.3, 0.4) is 0 Å². The van der Waals surface area contributed by atoms with Gasteiger partial charge < -0.3 is 10.4 Å². The van der Waals surface area contributed by atoms with E-state index in [0.717, 1.165) is 21.3 Å². The van der Waals surface area contributed by atoms with Crippen molar-refractivity contribution in [2.75, 3.05) is 5.32 Å². The lowest BCUT2D eigenvalue weighted by atomic mass is 10.0. The zero-order chi connectivity index (χ0) is 18.0. The third-order valence-corrected chi connectivity index (χ3v) is 4.82. The number of carboxylic acid groups (broad SMARTS) is 1. The van der Waals surface area contributed by atoms with Crippen molar-refractivity contribution in [3.63, 3.8) is 0 Å². The molecule has 2 N–H and O–H groups in total. The Morgan fingerprint density at radius 1 is 1.24 bits per heavy atom. The summed E-state index contributed by atoms with van der Waals surface area (Å²) in [6.45, 7) is 5.85. The van der Waals surface area contributed by atoms with Gasteiger partial charge in [-0.05, 0) is 24.8 Å². The average molecular weight is 355 g/mol. The quantitative estimate of drug-likeness (QED) is 0.677. The van der Waals surface area contributed by atoms with Crippen molar-refractivity contribution in [3.8, 4) is 11.1 Å². The standard InChI is InChI=1S/C19H21N3O2S/c1-11(2)9-15(19(23)24)22-17-16-14(13-7-5-4-6-8-13)10-25-18(16)21-12(3)20-17/h4-8,10-11,15H,9H2,1-3H3,(H,23,24)(H,20,21,22). The molecule has 0 spiro atoms. The van der Waals surface area contributed by atoms with Crippen LogP contribution in [0, 0.1) is 12.8 Å². The van der Waals surface area contributed by atoms with Gasteiger partial charge in [0, 0.05) is 10.9 Å². The van der Waals surface area contributed by atoms with E-state index in [4.69, 9.17) is 0 Å². The summed E-state index contributed by atoms with van der Waals surface area (Å²) in [4.78, 5) is 21.5. The summed E-state index contributed by atoms with van der Waals surface area (Å²) in [6, 6.07) is 9.34. The van der Waals surface area contributed by atoms with Gasteiger partial charge in [0.25, 0.3) is 0 Å². The highest BCUT2D eigenvalue weighted by Crippen LogP contribution is 2.37. The molecule has 130 valence electrons. The maximum atomic E-state index is 11.7. The highest BCUT2D eigenvalue weighted by molar-refractivity contribution is 7.17. The van der Waals surface area contributed by atoms with E-state index in [1.54, 1.807) is 11.3 Å². The number of aryl methyl sites for hydroxylation is 1. The Hall–Kier alpha value is -2.47. The van der Waals surface area contributed by atoms with Gasteiger partial charge in [0.15, 0.2) is 0 Å². The fraction of sp³-hybridized carbons (Fsp3) is 0.316. The second-order valence-corrected chi connectivity index (χ2v) is 7.34. The lowest BCUT2D eigenvalue weighted by Crippen LogP contribution is -2.31. The van der Waals surface area contributed by atoms with E-state index in [1.165, 1.54) is 0 Å². The van der Waals surface area contributed by atoms with Crippen LogP contribution >= 0.6 is 11.3 Å². The molecule has 0 aliphatic heterocycles.